The zero-order chi connectivity index (χ0) is 54.3. The summed E-state index contributed by atoms with van der Waals surface area (Å²) in [5.41, 5.74) is 0. The number of carbonyl (C=O) groups excluding carboxylic acids is 3. The van der Waals surface area contributed by atoms with E-state index in [-0.39, 0.29) is 37.5 Å². The fraction of sp³-hybridized carbons (Fsp3) is 0.638. The molecule has 0 aromatic heterocycles. The highest BCUT2D eigenvalue weighted by atomic mass is 16.6. The van der Waals surface area contributed by atoms with Gasteiger partial charge in [0.05, 0.1) is 0 Å². The van der Waals surface area contributed by atoms with E-state index in [9.17, 15) is 14.4 Å². The molecule has 0 aliphatic heterocycles. The Kier molecular flexibility index (Phi) is 58.4. The number of carbonyl (C=O) groups is 3. The highest BCUT2D eigenvalue weighted by Gasteiger charge is 2.19. The summed E-state index contributed by atoms with van der Waals surface area (Å²) in [6, 6.07) is 0. The quantitative estimate of drug-likeness (QED) is 0.0261. The SMILES string of the molecule is CC/C=C\C/C=C\C/C=C\C/C=C\C/C=C\C/C=C\CCCCCCCCCCC(=O)OCC(COC(=O)CCCCCCCCCCCCC)OC(=O)CCCCC/C=C\C/C=C\C/C=C\C/C=C\C/C=C\CC. The van der Waals surface area contributed by atoms with Crippen LogP contribution in [0.25, 0.3) is 0 Å². The fourth-order valence-electron chi connectivity index (χ4n) is 8.12. The molecule has 0 N–H and O–H groups in total. The number of allylic oxidation sites excluding steroid dienone is 22. The third-order valence-corrected chi connectivity index (χ3v) is 12.7. The van der Waals surface area contributed by atoms with Crippen LogP contribution in [0.3, 0.4) is 0 Å². The topological polar surface area (TPSA) is 78.9 Å². The van der Waals surface area contributed by atoms with Crippen LogP contribution in [0.1, 0.15) is 265 Å². The Bertz CT molecular complexity index is 1620. The molecule has 0 saturated carbocycles. The van der Waals surface area contributed by atoms with Crippen LogP contribution >= 0.6 is 0 Å². The van der Waals surface area contributed by atoms with Crippen molar-refractivity contribution in [2.24, 2.45) is 0 Å². The van der Waals surface area contributed by atoms with E-state index in [0.717, 1.165) is 141 Å². The van der Waals surface area contributed by atoms with Gasteiger partial charge in [-0.25, -0.2) is 0 Å². The molecule has 0 saturated heterocycles. The van der Waals surface area contributed by atoms with Gasteiger partial charge in [-0.05, 0) is 116 Å². The van der Waals surface area contributed by atoms with Crippen LogP contribution in [0.4, 0.5) is 0 Å². The zero-order valence-corrected chi connectivity index (χ0v) is 48.5. The number of hydrogen-bond acceptors (Lipinski definition) is 6. The summed E-state index contributed by atoms with van der Waals surface area (Å²) in [5.74, 6) is -0.938. The van der Waals surface area contributed by atoms with Gasteiger partial charge in [-0.1, -0.05) is 264 Å². The van der Waals surface area contributed by atoms with Crippen LogP contribution < -0.4 is 0 Å². The first-order chi connectivity index (χ1) is 37.0. The summed E-state index contributed by atoms with van der Waals surface area (Å²) < 4.78 is 16.9. The van der Waals surface area contributed by atoms with Crippen LogP contribution in [0.5, 0.6) is 0 Å². The Balaban J connectivity index is 4.37. The molecular formula is C69H112O6. The van der Waals surface area contributed by atoms with Gasteiger partial charge in [0.25, 0.3) is 0 Å². The minimum atomic E-state index is -0.802. The number of ether oxygens (including phenoxy) is 3. The lowest BCUT2D eigenvalue weighted by Gasteiger charge is -2.18. The molecule has 0 amide bonds. The third-order valence-electron chi connectivity index (χ3n) is 12.7. The minimum Gasteiger partial charge on any atom is -0.462 e. The molecule has 6 nitrogen and oxygen atoms in total. The highest BCUT2D eigenvalue weighted by Crippen LogP contribution is 2.15. The molecule has 0 aromatic carbocycles. The Labute approximate surface area is 462 Å². The average molecular weight is 1040 g/mol. The van der Waals surface area contributed by atoms with Crippen molar-refractivity contribution >= 4 is 17.9 Å². The molecule has 0 radical (unpaired) electrons. The van der Waals surface area contributed by atoms with E-state index in [2.05, 4.69) is 154 Å². The molecule has 0 fully saturated rings. The lowest BCUT2D eigenvalue weighted by atomic mass is 10.1. The van der Waals surface area contributed by atoms with Crippen molar-refractivity contribution in [3.63, 3.8) is 0 Å². The van der Waals surface area contributed by atoms with E-state index in [1.165, 1.54) is 83.5 Å². The summed E-state index contributed by atoms with van der Waals surface area (Å²) >= 11 is 0. The van der Waals surface area contributed by atoms with E-state index >= 15 is 0 Å². The Morgan fingerprint density at radius 1 is 0.280 bits per heavy atom. The first kappa shape index (κ1) is 70.5. The molecule has 0 bridgehead atoms. The molecule has 1 unspecified atom stereocenters. The predicted octanol–water partition coefficient (Wildman–Crippen LogP) is 21.0. The van der Waals surface area contributed by atoms with Crippen molar-refractivity contribution in [1.29, 1.82) is 0 Å². The minimum absolute atomic E-state index is 0.0959. The van der Waals surface area contributed by atoms with Crippen LogP contribution in [-0.2, 0) is 28.6 Å². The van der Waals surface area contributed by atoms with Crippen LogP contribution in [-0.4, -0.2) is 37.2 Å². The van der Waals surface area contributed by atoms with Crippen molar-refractivity contribution in [2.45, 2.75) is 271 Å². The van der Waals surface area contributed by atoms with E-state index < -0.39 is 6.10 Å². The van der Waals surface area contributed by atoms with Gasteiger partial charge in [0.15, 0.2) is 6.10 Å². The number of hydrogen-bond donors (Lipinski definition) is 0. The Morgan fingerprint density at radius 2 is 0.520 bits per heavy atom. The summed E-state index contributed by atoms with van der Waals surface area (Å²) in [6.45, 7) is 6.37. The lowest BCUT2D eigenvalue weighted by Crippen LogP contribution is -2.30. The fourth-order valence-corrected chi connectivity index (χ4v) is 8.12. The monoisotopic (exact) mass is 1040 g/mol. The summed E-state index contributed by atoms with van der Waals surface area (Å²) in [5, 5.41) is 0. The summed E-state index contributed by atoms with van der Waals surface area (Å²) in [4.78, 5) is 38.2. The maximum Gasteiger partial charge on any atom is 0.306 e. The van der Waals surface area contributed by atoms with Gasteiger partial charge in [0.2, 0.25) is 0 Å². The van der Waals surface area contributed by atoms with Crippen LogP contribution in [0.2, 0.25) is 0 Å². The van der Waals surface area contributed by atoms with E-state index in [1.807, 2.05) is 0 Å². The van der Waals surface area contributed by atoms with Gasteiger partial charge in [-0.3, -0.25) is 14.4 Å². The lowest BCUT2D eigenvalue weighted by molar-refractivity contribution is -0.167. The molecular weight excluding hydrogens is 925 g/mol. The molecule has 0 rings (SSSR count). The Hall–Kier alpha value is -4.45. The molecule has 0 spiro atoms. The van der Waals surface area contributed by atoms with Gasteiger partial charge in [-0.2, -0.15) is 0 Å². The first-order valence-corrected chi connectivity index (χ1v) is 30.7. The smallest absolute Gasteiger partial charge is 0.306 e. The molecule has 0 aliphatic carbocycles. The largest absolute Gasteiger partial charge is 0.462 e. The van der Waals surface area contributed by atoms with Crippen molar-refractivity contribution in [3.05, 3.63) is 134 Å². The zero-order valence-electron chi connectivity index (χ0n) is 48.5. The van der Waals surface area contributed by atoms with Gasteiger partial charge < -0.3 is 14.2 Å². The molecule has 6 heteroatoms. The molecule has 75 heavy (non-hydrogen) atoms. The number of unbranched alkanes of at least 4 members (excludes halogenated alkanes) is 21. The van der Waals surface area contributed by atoms with E-state index in [1.54, 1.807) is 0 Å². The number of esters is 3. The molecule has 0 aromatic rings. The van der Waals surface area contributed by atoms with E-state index in [4.69, 9.17) is 14.2 Å². The maximum atomic E-state index is 12.9. The second-order valence-corrected chi connectivity index (χ2v) is 19.9. The molecule has 0 aliphatic rings. The maximum absolute atomic E-state index is 12.9. The third kappa shape index (κ3) is 60.3. The van der Waals surface area contributed by atoms with Crippen molar-refractivity contribution < 1.29 is 28.6 Å². The summed E-state index contributed by atoms with van der Waals surface area (Å²) in [6.07, 6.45) is 87.3. The van der Waals surface area contributed by atoms with Crippen LogP contribution in [0, 0.1) is 0 Å². The summed E-state index contributed by atoms with van der Waals surface area (Å²) in [7, 11) is 0. The Morgan fingerprint density at radius 3 is 0.827 bits per heavy atom. The van der Waals surface area contributed by atoms with Gasteiger partial charge in [0, 0.05) is 19.3 Å². The average Bonchev–Trinajstić information content (AvgIpc) is 3.41. The molecule has 1 atom stereocenters. The first-order valence-electron chi connectivity index (χ1n) is 30.7. The van der Waals surface area contributed by atoms with Crippen LogP contribution in [0.15, 0.2) is 134 Å². The molecule has 424 valence electrons. The van der Waals surface area contributed by atoms with Gasteiger partial charge in [0.1, 0.15) is 13.2 Å². The number of rotatable bonds is 54. The second kappa shape index (κ2) is 62.1. The van der Waals surface area contributed by atoms with Crippen molar-refractivity contribution in [3.8, 4) is 0 Å². The van der Waals surface area contributed by atoms with Crippen molar-refractivity contribution in [1.82, 2.24) is 0 Å². The van der Waals surface area contributed by atoms with Gasteiger partial charge in [-0.15, -0.1) is 0 Å². The van der Waals surface area contributed by atoms with E-state index in [0.29, 0.717) is 12.8 Å². The van der Waals surface area contributed by atoms with Gasteiger partial charge >= 0.3 is 17.9 Å². The predicted molar refractivity (Wildman–Crippen MR) is 325 cm³/mol. The normalized spacial score (nSPS) is 13.1. The second-order valence-electron chi connectivity index (χ2n) is 19.9. The highest BCUT2D eigenvalue weighted by molar-refractivity contribution is 5.71. The van der Waals surface area contributed by atoms with Crippen molar-refractivity contribution in [2.75, 3.05) is 13.2 Å². The molecule has 0 heterocycles. The standard InChI is InChI=1S/C69H112O6/c1-4-7-10-13-16-19-22-24-26-28-30-31-32-33-34-35-36-37-39-40-42-44-47-50-53-56-59-62-68(71)74-65-66(64-73-67(70)61-58-55-52-49-46-21-18-15-12-9-6-3)75-69(72)63-60-57-54-51-48-45-43-41-38-29-27-25-23-20-17-14-11-8-5-2/h7-8,10-11,16-17,19-20,24-27,30-31,33-34,36-38,41,45,48,66H,4-6,9,12-15,18,21-23,28-29,32,35,39-40,42-44,46-47,49-65H2,1-3H3/b10-7-,11-8-,19-16-,20-17-,26-24-,27-25-,31-30-,34-33-,37-36-,41-38-,48-45-.